The number of nitrogen functional groups attached to an aromatic ring is 1. The molecule has 16 heavy (non-hydrogen) atoms. The average molecular weight is 241 g/mol. The molecule has 0 saturated heterocycles. The van der Waals surface area contributed by atoms with Crippen molar-refractivity contribution < 1.29 is 0 Å². The lowest BCUT2D eigenvalue weighted by Gasteiger charge is -2.07. The Morgan fingerprint density at radius 3 is 2.88 bits per heavy atom. The second-order valence-electron chi connectivity index (χ2n) is 3.49. The van der Waals surface area contributed by atoms with Crippen LogP contribution in [0.4, 0.5) is 11.8 Å². The Bertz CT molecular complexity index is 318. The number of aryl methyl sites for hydroxylation is 1. The molecule has 1 heterocycles. The molecule has 0 aliphatic carbocycles. The van der Waals surface area contributed by atoms with E-state index in [2.05, 4.69) is 27.0 Å². The molecule has 1 rings (SSSR count). The van der Waals surface area contributed by atoms with Crippen LogP contribution in [0.3, 0.4) is 0 Å². The van der Waals surface area contributed by atoms with Crippen LogP contribution in [0, 0.1) is 6.92 Å². The summed E-state index contributed by atoms with van der Waals surface area (Å²) in [6, 6.07) is 1.91. The summed E-state index contributed by atoms with van der Waals surface area (Å²) in [5.74, 6) is 7.76. The van der Waals surface area contributed by atoms with Crippen molar-refractivity contribution in [1.29, 1.82) is 0 Å². The van der Waals surface area contributed by atoms with Crippen molar-refractivity contribution in [2.45, 2.75) is 19.8 Å². The molecule has 0 fully saturated rings. The fraction of sp³-hybridized carbons (Fsp3) is 0.600. The third-order valence-electron chi connectivity index (χ3n) is 2.06. The summed E-state index contributed by atoms with van der Waals surface area (Å²) in [7, 11) is 0. The number of unbranched alkanes of at least 4 members (excludes halogenated alkanes) is 1. The van der Waals surface area contributed by atoms with Gasteiger partial charge in [-0.15, -0.1) is 0 Å². The van der Waals surface area contributed by atoms with E-state index in [9.17, 15) is 0 Å². The summed E-state index contributed by atoms with van der Waals surface area (Å²) in [5.41, 5.74) is 3.35. The molecule has 0 aromatic carbocycles. The van der Waals surface area contributed by atoms with Gasteiger partial charge < -0.3 is 5.32 Å². The molecule has 5 nitrogen and oxygen atoms in total. The molecular weight excluding hydrogens is 222 g/mol. The van der Waals surface area contributed by atoms with Crippen LogP contribution in [0.2, 0.25) is 0 Å². The van der Waals surface area contributed by atoms with Crippen LogP contribution in [0.25, 0.3) is 0 Å². The first-order chi connectivity index (χ1) is 7.76. The van der Waals surface area contributed by atoms with Gasteiger partial charge in [-0.2, -0.15) is 16.7 Å². The van der Waals surface area contributed by atoms with E-state index < -0.39 is 0 Å². The van der Waals surface area contributed by atoms with Crippen LogP contribution in [0.5, 0.6) is 0 Å². The second kappa shape index (κ2) is 7.29. The molecule has 0 atom stereocenters. The number of aromatic nitrogens is 2. The monoisotopic (exact) mass is 241 g/mol. The maximum atomic E-state index is 5.28. The minimum atomic E-state index is 0.451. The molecule has 0 spiro atoms. The van der Waals surface area contributed by atoms with Gasteiger partial charge >= 0.3 is 0 Å². The summed E-state index contributed by atoms with van der Waals surface area (Å²) in [4.78, 5) is 8.33. The highest BCUT2D eigenvalue weighted by atomic mass is 32.2. The third kappa shape index (κ3) is 4.67. The van der Waals surface area contributed by atoms with Gasteiger partial charge in [-0.3, -0.25) is 5.43 Å². The van der Waals surface area contributed by atoms with Gasteiger partial charge in [-0.05, 0) is 31.8 Å². The topological polar surface area (TPSA) is 75.9 Å². The van der Waals surface area contributed by atoms with Crippen LogP contribution >= 0.6 is 11.8 Å². The van der Waals surface area contributed by atoms with Gasteiger partial charge in [-0.1, -0.05) is 0 Å². The van der Waals surface area contributed by atoms with Crippen LogP contribution in [-0.4, -0.2) is 28.5 Å². The standard InChI is InChI=1S/C10H19N5S/c1-8-7-9(14-10(13-8)15-11)12-5-3-4-6-16-2/h7H,3-6,11H2,1-2H3,(H2,12,13,14,15). The summed E-state index contributed by atoms with van der Waals surface area (Å²) in [6.45, 7) is 2.85. The molecular formula is C10H19N5S. The molecule has 0 aliphatic rings. The second-order valence-corrected chi connectivity index (χ2v) is 4.47. The smallest absolute Gasteiger partial charge is 0.239 e. The molecule has 0 bridgehead atoms. The van der Waals surface area contributed by atoms with E-state index in [-0.39, 0.29) is 0 Å². The quantitative estimate of drug-likeness (QED) is 0.383. The predicted molar refractivity (Wildman–Crippen MR) is 70.7 cm³/mol. The number of hydrazine groups is 1. The van der Waals surface area contributed by atoms with E-state index in [1.165, 1.54) is 12.2 Å². The Morgan fingerprint density at radius 2 is 2.19 bits per heavy atom. The number of nitrogens with two attached hydrogens (primary N) is 1. The van der Waals surface area contributed by atoms with Gasteiger partial charge in [0, 0.05) is 18.3 Å². The Morgan fingerprint density at radius 1 is 1.38 bits per heavy atom. The van der Waals surface area contributed by atoms with Gasteiger partial charge in [0.2, 0.25) is 5.95 Å². The number of anilines is 2. The first-order valence-corrected chi connectivity index (χ1v) is 6.70. The van der Waals surface area contributed by atoms with Crippen molar-refractivity contribution in [3.05, 3.63) is 11.8 Å². The summed E-state index contributed by atoms with van der Waals surface area (Å²) >= 11 is 1.88. The molecule has 1 aromatic heterocycles. The summed E-state index contributed by atoms with van der Waals surface area (Å²) < 4.78 is 0. The van der Waals surface area contributed by atoms with E-state index in [1.807, 2.05) is 24.8 Å². The Balaban J connectivity index is 2.38. The van der Waals surface area contributed by atoms with Crippen LogP contribution in [-0.2, 0) is 0 Å². The summed E-state index contributed by atoms with van der Waals surface area (Å²) in [6.07, 6.45) is 4.50. The Kier molecular flexibility index (Phi) is 5.95. The van der Waals surface area contributed by atoms with E-state index in [4.69, 9.17) is 5.84 Å². The average Bonchev–Trinajstić information content (AvgIpc) is 2.28. The minimum Gasteiger partial charge on any atom is -0.370 e. The molecule has 0 amide bonds. The normalized spacial score (nSPS) is 10.2. The van der Waals surface area contributed by atoms with Gasteiger partial charge in [0.25, 0.3) is 0 Å². The first-order valence-electron chi connectivity index (χ1n) is 5.31. The largest absolute Gasteiger partial charge is 0.370 e. The van der Waals surface area contributed by atoms with E-state index >= 15 is 0 Å². The first kappa shape index (κ1) is 13.1. The molecule has 0 radical (unpaired) electrons. The third-order valence-corrected chi connectivity index (χ3v) is 2.76. The fourth-order valence-electron chi connectivity index (χ4n) is 1.31. The van der Waals surface area contributed by atoms with Crippen molar-refractivity contribution in [2.75, 3.05) is 29.3 Å². The van der Waals surface area contributed by atoms with Crippen molar-refractivity contribution in [1.82, 2.24) is 9.97 Å². The lowest BCUT2D eigenvalue weighted by Crippen LogP contribution is -2.13. The van der Waals surface area contributed by atoms with E-state index in [1.54, 1.807) is 0 Å². The fourth-order valence-corrected chi connectivity index (χ4v) is 1.80. The van der Waals surface area contributed by atoms with Crippen LogP contribution in [0.15, 0.2) is 6.07 Å². The number of thioether (sulfide) groups is 1. The molecule has 0 aliphatic heterocycles. The number of nitrogens with zero attached hydrogens (tertiary/aromatic N) is 2. The molecule has 0 unspecified atom stereocenters. The molecule has 4 N–H and O–H groups in total. The molecule has 6 heteroatoms. The Hall–Kier alpha value is -1.01. The highest BCUT2D eigenvalue weighted by Crippen LogP contribution is 2.09. The maximum Gasteiger partial charge on any atom is 0.239 e. The number of rotatable bonds is 7. The van der Waals surface area contributed by atoms with E-state index in [0.29, 0.717) is 5.95 Å². The van der Waals surface area contributed by atoms with Crippen molar-refractivity contribution in [2.24, 2.45) is 5.84 Å². The highest BCUT2D eigenvalue weighted by molar-refractivity contribution is 7.98. The number of hydrogen-bond donors (Lipinski definition) is 3. The molecule has 1 aromatic rings. The Labute approximate surface area is 101 Å². The zero-order valence-corrected chi connectivity index (χ0v) is 10.6. The zero-order chi connectivity index (χ0) is 11.8. The number of hydrogen-bond acceptors (Lipinski definition) is 6. The highest BCUT2D eigenvalue weighted by Gasteiger charge is 1.99. The van der Waals surface area contributed by atoms with Crippen LogP contribution in [0.1, 0.15) is 18.5 Å². The lowest BCUT2D eigenvalue weighted by molar-refractivity contribution is 0.838. The van der Waals surface area contributed by atoms with Gasteiger partial charge in [0.1, 0.15) is 5.82 Å². The maximum absolute atomic E-state index is 5.28. The SMILES string of the molecule is CSCCCCNc1cc(C)nc(NN)n1. The lowest BCUT2D eigenvalue weighted by atomic mass is 10.3. The predicted octanol–water partition coefficient (Wildman–Crippen LogP) is 1.63. The molecule has 0 saturated carbocycles. The van der Waals surface area contributed by atoms with Crippen molar-refractivity contribution >= 4 is 23.5 Å². The minimum absolute atomic E-state index is 0.451. The zero-order valence-electron chi connectivity index (χ0n) is 9.79. The van der Waals surface area contributed by atoms with E-state index in [0.717, 1.165) is 24.5 Å². The van der Waals surface area contributed by atoms with Gasteiger partial charge in [0.15, 0.2) is 0 Å². The molecule has 90 valence electrons. The van der Waals surface area contributed by atoms with Crippen LogP contribution < -0.4 is 16.6 Å². The van der Waals surface area contributed by atoms with Gasteiger partial charge in [-0.25, -0.2) is 10.8 Å². The summed E-state index contributed by atoms with van der Waals surface area (Å²) in [5, 5.41) is 3.26. The van der Waals surface area contributed by atoms with Crippen molar-refractivity contribution in [3.63, 3.8) is 0 Å². The van der Waals surface area contributed by atoms with Crippen molar-refractivity contribution in [3.8, 4) is 0 Å². The number of nitrogens with one attached hydrogen (secondary N) is 2. The van der Waals surface area contributed by atoms with Gasteiger partial charge in [0.05, 0.1) is 0 Å².